The SMILES string of the molecule is Cc1nn2ncccc2c1C(=O)N1C2CCCC1c1nn(C)c(-c3cc(F)c(F)c(F)c3)c1C2. The Labute approximate surface area is 192 Å². The highest BCUT2D eigenvalue weighted by molar-refractivity contribution is 6.02. The van der Waals surface area contributed by atoms with Gasteiger partial charge in [0.05, 0.1) is 28.7 Å². The first-order valence-electron chi connectivity index (χ1n) is 11.2. The van der Waals surface area contributed by atoms with E-state index in [0.717, 1.165) is 42.7 Å². The van der Waals surface area contributed by atoms with Crippen LogP contribution in [0.2, 0.25) is 0 Å². The molecule has 1 aromatic carbocycles. The molecule has 2 aliphatic heterocycles. The fourth-order valence-electron chi connectivity index (χ4n) is 5.60. The standard InChI is InChI=1S/C24H21F3N6O/c1-12-20(18-7-4-8-28-33(18)29-12)24(34)32-14-5-3-6-19(32)22-15(11-14)23(31(2)30-22)13-9-16(25)21(27)17(26)10-13/h4,7-10,14,19H,3,5-6,11H2,1-2H3. The molecule has 1 fully saturated rings. The molecule has 2 unspecified atom stereocenters. The number of hydrogen-bond donors (Lipinski definition) is 0. The number of amides is 1. The number of rotatable bonds is 2. The molecule has 5 heterocycles. The third kappa shape index (κ3) is 2.90. The van der Waals surface area contributed by atoms with Crippen molar-refractivity contribution in [3.05, 3.63) is 70.4 Å². The molecule has 4 aromatic rings. The van der Waals surface area contributed by atoms with Crippen molar-refractivity contribution in [1.29, 1.82) is 0 Å². The van der Waals surface area contributed by atoms with Gasteiger partial charge in [-0.2, -0.15) is 19.9 Å². The van der Waals surface area contributed by atoms with Crippen molar-refractivity contribution in [1.82, 2.24) is 29.5 Å². The summed E-state index contributed by atoms with van der Waals surface area (Å²) in [4.78, 5) is 15.8. The van der Waals surface area contributed by atoms with Crippen molar-refractivity contribution in [3.8, 4) is 11.3 Å². The molecule has 0 saturated carbocycles. The quantitative estimate of drug-likeness (QED) is 0.417. The topological polar surface area (TPSA) is 68.3 Å². The lowest BCUT2D eigenvalue weighted by Gasteiger charge is -2.45. The molecule has 10 heteroatoms. The van der Waals surface area contributed by atoms with Gasteiger partial charge in [-0.05, 0) is 56.9 Å². The van der Waals surface area contributed by atoms with Gasteiger partial charge in [0.15, 0.2) is 17.5 Å². The molecule has 1 saturated heterocycles. The minimum Gasteiger partial charge on any atom is -0.327 e. The van der Waals surface area contributed by atoms with Crippen molar-refractivity contribution in [2.75, 3.05) is 0 Å². The molecular weight excluding hydrogens is 445 g/mol. The van der Waals surface area contributed by atoms with Gasteiger partial charge in [0.1, 0.15) is 5.52 Å². The Hall–Kier alpha value is -3.69. The monoisotopic (exact) mass is 466 g/mol. The van der Waals surface area contributed by atoms with E-state index in [2.05, 4.69) is 15.3 Å². The Morgan fingerprint density at radius 2 is 1.88 bits per heavy atom. The lowest BCUT2D eigenvalue weighted by atomic mass is 9.81. The number of benzene rings is 1. The summed E-state index contributed by atoms with van der Waals surface area (Å²) >= 11 is 0. The molecule has 2 aliphatic rings. The van der Waals surface area contributed by atoms with E-state index in [4.69, 9.17) is 0 Å². The van der Waals surface area contributed by atoms with E-state index in [0.29, 0.717) is 28.9 Å². The number of piperidine rings is 1. The average molecular weight is 466 g/mol. The third-order valence-electron chi connectivity index (χ3n) is 6.98. The van der Waals surface area contributed by atoms with Crippen molar-refractivity contribution >= 4 is 11.4 Å². The highest BCUT2D eigenvalue weighted by Crippen LogP contribution is 2.45. The minimum atomic E-state index is -1.49. The van der Waals surface area contributed by atoms with Crippen molar-refractivity contribution in [2.24, 2.45) is 7.05 Å². The van der Waals surface area contributed by atoms with Crippen molar-refractivity contribution < 1.29 is 18.0 Å². The van der Waals surface area contributed by atoms with Crippen LogP contribution in [0.5, 0.6) is 0 Å². The van der Waals surface area contributed by atoms with Crippen LogP contribution >= 0.6 is 0 Å². The maximum atomic E-state index is 14.0. The van der Waals surface area contributed by atoms with Crippen LogP contribution in [0.15, 0.2) is 30.5 Å². The Morgan fingerprint density at radius 3 is 2.65 bits per heavy atom. The molecule has 6 rings (SSSR count). The van der Waals surface area contributed by atoms with Gasteiger partial charge < -0.3 is 4.90 Å². The number of hydrogen-bond acceptors (Lipinski definition) is 4. The molecule has 0 aliphatic carbocycles. The van der Waals surface area contributed by atoms with Crippen LogP contribution in [0.25, 0.3) is 16.8 Å². The smallest absolute Gasteiger partial charge is 0.258 e. The van der Waals surface area contributed by atoms with Crippen molar-refractivity contribution in [2.45, 2.75) is 44.7 Å². The average Bonchev–Trinajstić information content (AvgIpc) is 3.31. The highest BCUT2D eigenvalue weighted by Gasteiger charge is 2.44. The summed E-state index contributed by atoms with van der Waals surface area (Å²) in [5, 5.41) is 13.3. The van der Waals surface area contributed by atoms with Gasteiger partial charge in [-0.3, -0.25) is 9.48 Å². The first-order chi connectivity index (χ1) is 16.3. The van der Waals surface area contributed by atoms with Crippen LogP contribution in [-0.4, -0.2) is 41.5 Å². The summed E-state index contributed by atoms with van der Waals surface area (Å²) in [6, 6.07) is 5.23. The first-order valence-corrected chi connectivity index (χ1v) is 11.2. The molecular formula is C24H21F3N6O. The fraction of sp³-hybridized carbons (Fsp3) is 0.333. The van der Waals surface area contributed by atoms with Crippen LogP contribution in [-0.2, 0) is 13.5 Å². The highest BCUT2D eigenvalue weighted by atomic mass is 19.2. The zero-order valence-corrected chi connectivity index (χ0v) is 18.6. The van der Waals surface area contributed by atoms with Gasteiger partial charge in [-0.25, -0.2) is 13.2 Å². The number of aromatic nitrogens is 5. The molecule has 2 atom stereocenters. The lowest BCUT2D eigenvalue weighted by molar-refractivity contribution is 0.0393. The number of carbonyl (C=O) groups excluding carboxylic acids is 1. The zero-order chi connectivity index (χ0) is 23.7. The molecule has 0 radical (unpaired) electrons. The molecule has 0 spiro atoms. The van der Waals surface area contributed by atoms with Gasteiger partial charge in [0, 0.05) is 30.4 Å². The van der Waals surface area contributed by atoms with Gasteiger partial charge >= 0.3 is 0 Å². The van der Waals surface area contributed by atoms with E-state index in [9.17, 15) is 18.0 Å². The van der Waals surface area contributed by atoms with E-state index in [1.807, 2.05) is 11.0 Å². The van der Waals surface area contributed by atoms with E-state index in [-0.39, 0.29) is 23.6 Å². The predicted octanol–water partition coefficient (Wildman–Crippen LogP) is 4.15. The number of fused-ring (bicyclic) bond motifs is 5. The number of carbonyl (C=O) groups is 1. The van der Waals surface area contributed by atoms with Crippen LogP contribution < -0.4 is 0 Å². The van der Waals surface area contributed by atoms with Crippen LogP contribution in [0.1, 0.15) is 52.6 Å². The van der Waals surface area contributed by atoms with Gasteiger partial charge in [-0.15, -0.1) is 0 Å². The van der Waals surface area contributed by atoms with Gasteiger partial charge in [0.25, 0.3) is 5.91 Å². The number of nitrogens with zero attached hydrogens (tertiary/aromatic N) is 6. The maximum Gasteiger partial charge on any atom is 0.258 e. The molecule has 174 valence electrons. The van der Waals surface area contributed by atoms with E-state index in [1.54, 1.807) is 30.9 Å². The summed E-state index contributed by atoms with van der Waals surface area (Å²) in [5.41, 5.74) is 4.12. The van der Waals surface area contributed by atoms with Crippen LogP contribution in [0.3, 0.4) is 0 Å². The normalized spacial score (nSPS) is 19.5. The molecule has 34 heavy (non-hydrogen) atoms. The van der Waals surface area contributed by atoms with E-state index in [1.165, 1.54) is 4.63 Å². The minimum absolute atomic E-state index is 0.0946. The number of halogens is 3. The van der Waals surface area contributed by atoms with E-state index >= 15 is 0 Å². The van der Waals surface area contributed by atoms with Crippen LogP contribution in [0.4, 0.5) is 13.2 Å². The largest absolute Gasteiger partial charge is 0.327 e. The molecule has 3 aromatic heterocycles. The van der Waals surface area contributed by atoms with Gasteiger partial charge in [-0.1, -0.05) is 0 Å². The second kappa shape index (κ2) is 7.41. The lowest BCUT2D eigenvalue weighted by Crippen LogP contribution is -2.50. The van der Waals surface area contributed by atoms with E-state index < -0.39 is 17.5 Å². The Morgan fingerprint density at radius 1 is 1.12 bits per heavy atom. The summed E-state index contributed by atoms with van der Waals surface area (Å²) < 4.78 is 44.6. The van der Waals surface area contributed by atoms with Gasteiger partial charge in [0.2, 0.25) is 0 Å². The Balaban J connectivity index is 1.46. The molecule has 1 amide bonds. The second-order valence-corrected chi connectivity index (χ2v) is 8.97. The predicted molar refractivity (Wildman–Crippen MR) is 116 cm³/mol. The first kappa shape index (κ1) is 20.9. The summed E-state index contributed by atoms with van der Waals surface area (Å²) in [5.74, 6) is -4.09. The molecule has 7 nitrogen and oxygen atoms in total. The third-order valence-corrected chi connectivity index (χ3v) is 6.98. The zero-order valence-electron chi connectivity index (χ0n) is 18.6. The summed E-state index contributed by atoms with van der Waals surface area (Å²) in [7, 11) is 1.70. The number of aryl methyl sites for hydroxylation is 2. The molecule has 2 bridgehead atoms. The second-order valence-electron chi connectivity index (χ2n) is 8.97. The molecule has 0 N–H and O–H groups in total. The summed E-state index contributed by atoms with van der Waals surface area (Å²) in [6.45, 7) is 1.80. The van der Waals surface area contributed by atoms with Crippen molar-refractivity contribution in [3.63, 3.8) is 0 Å². The Bertz CT molecular complexity index is 1450. The van der Waals surface area contributed by atoms with Crippen LogP contribution in [0, 0.1) is 24.4 Å². The fourth-order valence-corrected chi connectivity index (χ4v) is 5.60. The maximum absolute atomic E-state index is 14.0. The summed E-state index contributed by atoms with van der Waals surface area (Å²) in [6.07, 6.45) is 4.59. The Kier molecular flexibility index (Phi) is 4.55.